The SMILES string of the molecule is O=C(Nc1ccc(Cl)cc1)NC1CCN(Cc2ccncc2)CC1. The van der Waals surface area contributed by atoms with E-state index >= 15 is 0 Å². The second-order valence-electron chi connectivity index (χ2n) is 6.01. The molecule has 2 heterocycles. The van der Waals surface area contributed by atoms with Crippen LogP contribution < -0.4 is 10.6 Å². The van der Waals surface area contributed by atoms with Crippen molar-refractivity contribution in [3.8, 4) is 0 Å². The molecular weight excluding hydrogens is 324 g/mol. The van der Waals surface area contributed by atoms with Crippen LogP contribution in [0.5, 0.6) is 0 Å². The summed E-state index contributed by atoms with van der Waals surface area (Å²) in [6, 6.07) is 11.2. The summed E-state index contributed by atoms with van der Waals surface area (Å²) < 4.78 is 0. The Labute approximate surface area is 147 Å². The van der Waals surface area contributed by atoms with E-state index in [4.69, 9.17) is 11.6 Å². The van der Waals surface area contributed by atoms with E-state index in [9.17, 15) is 4.79 Å². The standard InChI is InChI=1S/C18H21ClN4O/c19-15-1-3-16(4-2-15)21-18(24)22-17-7-11-23(12-8-17)13-14-5-9-20-10-6-14/h1-6,9-10,17H,7-8,11-13H2,(H2,21,22,24). The molecule has 0 spiro atoms. The predicted octanol–water partition coefficient (Wildman–Crippen LogP) is 3.52. The fourth-order valence-corrected chi connectivity index (χ4v) is 2.99. The molecule has 2 amide bonds. The number of hydrogen-bond donors (Lipinski definition) is 2. The summed E-state index contributed by atoms with van der Waals surface area (Å²) in [6.45, 7) is 2.90. The summed E-state index contributed by atoms with van der Waals surface area (Å²) in [5.41, 5.74) is 2.02. The molecule has 6 heteroatoms. The number of aromatic nitrogens is 1. The van der Waals surface area contributed by atoms with Crippen LogP contribution in [0.25, 0.3) is 0 Å². The minimum absolute atomic E-state index is 0.162. The van der Waals surface area contributed by atoms with Gasteiger partial charge in [-0.05, 0) is 54.8 Å². The van der Waals surface area contributed by atoms with Gasteiger partial charge in [0.1, 0.15) is 0 Å². The Morgan fingerprint density at radius 1 is 1.12 bits per heavy atom. The number of piperidine rings is 1. The van der Waals surface area contributed by atoms with Gasteiger partial charge >= 0.3 is 6.03 Å². The molecule has 1 aliphatic rings. The highest BCUT2D eigenvalue weighted by molar-refractivity contribution is 6.30. The van der Waals surface area contributed by atoms with Gasteiger partial charge in [0.15, 0.2) is 0 Å². The molecule has 3 rings (SSSR count). The summed E-state index contributed by atoms with van der Waals surface area (Å²) in [4.78, 5) is 18.5. The smallest absolute Gasteiger partial charge is 0.319 e. The van der Waals surface area contributed by atoms with E-state index in [1.807, 2.05) is 24.5 Å². The van der Waals surface area contributed by atoms with Gasteiger partial charge in [-0.25, -0.2) is 4.79 Å². The van der Waals surface area contributed by atoms with Crippen molar-refractivity contribution in [2.24, 2.45) is 0 Å². The number of nitrogens with zero attached hydrogens (tertiary/aromatic N) is 2. The lowest BCUT2D eigenvalue weighted by atomic mass is 10.0. The maximum Gasteiger partial charge on any atom is 0.319 e. The van der Waals surface area contributed by atoms with Crippen molar-refractivity contribution in [2.45, 2.75) is 25.4 Å². The molecule has 1 saturated heterocycles. The number of halogens is 1. The molecule has 0 saturated carbocycles. The first-order chi connectivity index (χ1) is 11.7. The Morgan fingerprint density at radius 2 is 1.79 bits per heavy atom. The van der Waals surface area contributed by atoms with E-state index in [0.717, 1.165) is 38.2 Å². The largest absolute Gasteiger partial charge is 0.335 e. The molecule has 1 aromatic carbocycles. The lowest BCUT2D eigenvalue weighted by molar-refractivity contribution is 0.190. The molecule has 2 N–H and O–H groups in total. The van der Waals surface area contributed by atoms with Crippen LogP contribution in [0.15, 0.2) is 48.8 Å². The topological polar surface area (TPSA) is 57.3 Å². The zero-order valence-corrected chi connectivity index (χ0v) is 14.2. The van der Waals surface area contributed by atoms with Crippen LogP contribution in [0.2, 0.25) is 5.02 Å². The third-order valence-electron chi connectivity index (χ3n) is 4.18. The van der Waals surface area contributed by atoms with E-state index < -0.39 is 0 Å². The number of urea groups is 1. The maximum absolute atomic E-state index is 12.1. The van der Waals surface area contributed by atoms with Crippen molar-refractivity contribution in [1.29, 1.82) is 0 Å². The number of hydrogen-bond acceptors (Lipinski definition) is 3. The van der Waals surface area contributed by atoms with Crippen molar-refractivity contribution in [2.75, 3.05) is 18.4 Å². The van der Waals surface area contributed by atoms with E-state index in [2.05, 4.69) is 20.5 Å². The van der Waals surface area contributed by atoms with E-state index in [0.29, 0.717) is 5.02 Å². The summed E-state index contributed by atoms with van der Waals surface area (Å²) in [6.07, 6.45) is 5.56. The highest BCUT2D eigenvalue weighted by Gasteiger charge is 2.20. The number of carbonyl (C=O) groups is 1. The van der Waals surface area contributed by atoms with Crippen molar-refractivity contribution in [1.82, 2.24) is 15.2 Å². The molecule has 0 aliphatic carbocycles. The van der Waals surface area contributed by atoms with Gasteiger partial charge < -0.3 is 10.6 Å². The number of anilines is 1. The van der Waals surface area contributed by atoms with Gasteiger partial charge in [0.25, 0.3) is 0 Å². The first kappa shape index (κ1) is 16.7. The number of likely N-dealkylation sites (tertiary alicyclic amines) is 1. The minimum Gasteiger partial charge on any atom is -0.335 e. The van der Waals surface area contributed by atoms with Crippen molar-refractivity contribution < 1.29 is 4.79 Å². The van der Waals surface area contributed by atoms with Gasteiger partial charge in [-0.3, -0.25) is 9.88 Å². The van der Waals surface area contributed by atoms with Gasteiger partial charge in [0.05, 0.1) is 0 Å². The molecule has 0 radical (unpaired) electrons. The van der Waals surface area contributed by atoms with Crippen LogP contribution in [0.3, 0.4) is 0 Å². The summed E-state index contributed by atoms with van der Waals surface area (Å²) in [5, 5.41) is 6.54. The second kappa shape index (κ2) is 8.13. The summed E-state index contributed by atoms with van der Waals surface area (Å²) in [5.74, 6) is 0. The van der Waals surface area contributed by atoms with Gasteiger partial charge in [-0.1, -0.05) is 11.6 Å². The Morgan fingerprint density at radius 3 is 2.46 bits per heavy atom. The highest BCUT2D eigenvalue weighted by Crippen LogP contribution is 2.15. The van der Waals surface area contributed by atoms with Crippen LogP contribution >= 0.6 is 11.6 Å². The highest BCUT2D eigenvalue weighted by atomic mass is 35.5. The molecular formula is C18H21ClN4O. The predicted molar refractivity (Wildman–Crippen MR) is 96.1 cm³/mol. The Kier molecular flexibility index (Phi) is 5.67. The van der Waals surface area contributed by atoms with Crippen LogP contribution in [-0.4, -0.2) is 35.0 Å². The van der Waals surface area contributed by atoms with Gasteiger partial charge in [0.2, 0.25) is 0 Å². The van der Waals surface area contributed by atoms with Crippen molar-refractivity contribution >= 4 is 23.3 Å². The number of rotatable bonds is 4. The fraction of sp³-hybridized carbons (Fsp3) is 0.333. The summed E-state index contributed by atoms with van der Waals surface area (Å²) in [7, 11) is 0. The normalized spacial score (nSPS) is 15.9. The first-order valence-electron chi connectivity index (χ1n) is 8.13. The van der Waals surface area contributed by atoms with Gasteiger partial charge in [-0.15, -0.1) is 0 Å². The Bertz CT molecular complexity index is 654. The zero-order chi connectivity index (χ0) is 16.8. The summed E-state index contributed by atoms with van der Waals surface area (Å²) >= 11 is 5.84. The van der Waals surface area contributed by atoms with Crippen LogP contribution in [0, 0.1) is 0 Å². The van der Waals surface area contributed by atoms with Crippen LogP contribution in [0.1, 0.15) is 18.4 Å². The van der Waals surface area contributed by atoms with E-state index in [1.165, 1.54) is 5.56 Å². The quantitative estimate of drug-likeness (QED) is 0.892. The second-order valence-corrected chi connectivity index (χ2v) is 6.45. The third kappa shape index (κ3) is 4.94. The monoisotopic (exact) mass is 344 g/mol. The van der Waals surface area contributed by atoms with Crippen molar-refractivity contribution in [3.05, 3.63) is 59.4 Å². The number of carbonyl (C=O) groups excluding carboxylic acids is 1. The maximum atomic E-state index is 12.1. The average Bonchev–Trinajstić information content (AvgIpc) is 2.60. The Hall–Kier alpha value is -2.11. The third-order valence-corrected chi connectivity index (χ3v) is 4.43. The zero-order valence-electron chi connectivity index (χ0n) is 13.4. The van der Waals surface area contributed by atoms with E-state index in [-0.39, 0.29) is 12.1 Å². The number of benzene rings is 1. The fourth-order valence-electron chi connectivity index (χ4n) is 2.87. The van der Waals surface area contributed by atoms with Crippen LogP contribution in [0.4, 0.5) is 10.5 Å². The van der Waals surface area contributed by atoms with Gasteiger partial charge in [0, 0.05) is 48.8 Å². The molecule has 2 aromatic rings. The lowest BCUT2D eigenvalue weighted by Gasteiger charge is -2.32. The minimum atomic E-state index is -0.162. The molecule has 1 fully saturated rings. The molecule has 5 nitrogen and oxygen atoms in total. The lowest BCUT2D eigenvalue weighted by Crippen LogP contribution is -2.45. The average molecular weight is 345 g/mol. The van der Waals surface area contributed by atoms with Crippen molar-refractivity contribution in [3.63, 3.8) is 0 Å². The molecule has 0 unspecified atom stereocenters. The number of amides is 2. The molecule has 0 bridgehead atoms. The Balaban J connectivity index is 1.41. The first-order valence-corrected chi connectivity index (χ1v) is 8.51. The number of pyridine rings is 1. The molecule has 1 aromatic heterocycles. The molecule has 126 valence electrons. The van der Waals surface area contributed by atoms with E-state index in [1.54, 1.807) is 24.3 Å². The van der Waals surface area contributed by atoms with Gasteiger partial charge in [-0.2, -0.15) is 0 Å². The van der Waals surface area contributed by atoms with Crippen LogP contribution in [-0.2, 0) is 6.54 Å². The molecule has 0 atom stereocenters. The number of nitrogens with one attached hydrogen (secondary N) is 2. The molecule has 1 aliphatic heterocycles. The molecule has 24 heavy (non-hydrogen) atoms.